The molecule has 0 unspecified atom stereocenters. The van der Waals surface area contributed by atoms with E-state index >= 15 is 0 Å². The number of carbonyl (C=O) groups excluding carboxylic acids is 2. The number of nitrogens with zero attached hydrogens (tertiary/aromatic N) is 2. The third kappa shape index (κ3) is 5.28. The number of thioether (sulfide) groups is 1. The summed E-state index contributed by atoms with van der Waals surface area (Å²) < 4.78 is 5.76. The fraction of sp³-hybridized carbons (Fsp3) is 0.111. The van der Waals surface area contributed by atoms with Crippen LogP contribution in [0.25, 0.3) is 0 Å². The van der Waals surface area contributed by atoms with Gasteiger partial charge in [-0.15, -0.1) is 10.2 Å². The molecule has 0 bridgehead atoms. The number of amides is 2. The molecule has 3 rings (SSSR count). The van der Waals surface area contributed by atoms with Gasteiger partial charge in [0.15, 0.2) is 4.34 Å². The maximum Gasteiger partial charge on any atom is 0.261 e. The van der Waals surface area contributed by atoms with E-state index in [1.807, 2.05) is 30.3 Å². The van der Waals surface area contributed by atoms with Crippen molar-refractivity contribution in [2.75, 3.05) is 18.2 Å². The van der Waals surface area contributed by atoms with E-state index in [1.54, 1.807) is 24.3 Å². The van der Waals surface area contributed by atoms with Crippen molar-refractivity contribution in [3.63, 3.8) is 0 Å². The zero-order valence-corrected chi connectivity index (χ0v) is 16.0. The van der Waals surface area contributed by atoms with Crippen LogP contribution in [0.15, 0.2) is 58.9 Å². The predicted molar refractivity (Wildman–Crippen MR) is 106 cm³/mol. The Morgan fingerprint density at radius 2 is 1.81 bits per heavy atom. The highest BCUT2D eigenvalue weighted by Gasteiger charge is 2.15. The lowest BCUT2D eigenvalue weighted by atomic mass is 10.2. The number of rotatable bonds is 7. The molecule has 2 aromatic carbocycles. The van der Waals surface area contributed by atoms with Gasteiger partial charge in [0, 0.05) is 5.69 Å². The molecule has 0 saturated heterocycles. The summed E-state index contributed by atoms with van der Waals surface area (Å²) in [5.41, 5.74) is 1.22. The van der Waals surface area contributed by atoms with Crippen molar-refractivity contribution in [2.24, 2.45) is 0 Å². The number of nitrogens with one attached hydrogen (secondary N) is 2. The Morgan fingerprint density at radius 3 is 2.59 bits per heavy atom. The van der Waals surface area contributed by atoms with Crippen LogP contribution in [0.3, 0.4) is 0 Å². The van der Waals surface area contributed by atoms with Crippen molar-refractivity contribution in [3.05, 3.63) is 60.2 Å². The fourth-order valence-corrected chi connectivity index (χ4v) is 3.73. The number of imide groups is 1. The third-order valence-corrected chi connectivity index (χ3v) is 5.33. The molecule has 9 heteroatoms. The highest BCUT2D eigenvalue weighted by molar-refractivity contribution is 8.01. The molecule has 27 heavy (non-hydrogen) atoms. The highest BCUT2D eigenvalue weighted by atomic mass is 32.2. The standard InChI is InChI=1S/C18H16N4O3S2/c1-25-14-10-6-5-9-13(14)16(24)20-15(23)11-26-18-22-21-17(27-18)19-12-7-3-2-4-8-12/h2-10H,11H2,1H3,(H,19,21)(H,20,23,24). The monoisotopic (exact) mass is 400 g/mol. The third-order valence-electron chi connectivity index (χ3n) is 3.36. The topological polar surface area (TPSA) is 93.2 Å². The number of para-hydroxylation sites is 2. The summed E-state index contributed by atoms with van der Waals surface area (Å²) in [6.07, 6.45) is 0. The number of carbonyl (C=O) groups is 2. The minimum Gasteiger partial charge on any atom is -0.496 e. The number of hydrogen-bond acceptors (Lipinski definition) is 8. The van der Waals surface area contributed by atoms with E-state index < -0.39 is 11.8 Å². The molecule has 0 atom stereocenters. The van der Waals surface area contributed by atoms with E-state index in [2.05, 4.69) is 20.8 Å². The first kappa shape index (κ1) is 18.9. The molecular formula is C18H16N4O3S2. The first-order chi connectivity index (χ1) is 13.2. The van der Waals surface area contributed by atoms with Gasteiger partial charge in [0.2, 0.25) is 11.0 Å². The van der Waals surface area contributed by atoms with Crippen LogP contribution in [0.2, 0.25) is 0 Å². The number of anilines is 2. The molecule has 1 aromatic heterocycles. The van der Waals surface area contributed by atoms with Crippen LogP contribution < -0.4 is 15.4 Å². The van der Waals surface area contributed by atoms with Gasteiger partial charge in [-0.1, -0.05) is 53.4 Å². The van der Waals surface area contributed by atoms with E-state index in [0.717, 1.165) is 5.69 Å². The lowest BCUT2D eigenvalue weighted by Crippen LogP contribution is -2.32. The SMILES string of the molecule is COc1ccccc1C(=O)NC(=O)CSc1nnc(Nc2ccccc2)s1. The van der Waals surface area contributed by atoms with E-state index in [0.29, 0.717) is 20.8 Å². The number of hydrogen-bond donors (Lipinski definition) is 2. The molecule has 2 amide bonds. The second-order valence-electron chi connectivity index (χ2n) is 5.23. The summed E-state index contributed by atoms with van der Waals surface area (Å²) >= 11 is 2.55. The second-order valence-corrected chi connectivity index (χ2v) is 7.43. The lowest BCUT2D eigenvalue weighted by Gasteiger charge is -2.07. The molecule has 138 valence electrons. The summed E-state index contributed by atoms with van der Waals surface area (Å²) in [6.45, 7) is 0. The predicted octanol–water partition coefficient (Wildman–Crippen LogP) is 3.34. The summed E-state index contributed by atoms with van der Waals surface area (Å²) in [7, 11) is 1.47. The quantitative estimate of drug-likeness (QED) is 0.588. The summed E-state index contributed by atoms with van der Waals surface area (Å²) in [4.78, 5) is 24.2. The molecule has 7 nitrogen and oxygen atoms in total. The van der Waals surface area contributed by atoms with Gasteiger partial charge in [-0.25, -0.2) is 0 Å². The number of methoxy groups -OCH3 is 1. The molecule has 0 aliphatic heterocycles. The van der Waals surface area contributed by atoms with Gasteiger partial charge in [0.1, 0.15) is 5.75 Å². The van der Waals surface area contributed by atoms with Crippen LogP contribution in [0.5, 0.6) is 5.75 Å². The number of aromatic nitrogens is 2. The van der Waals surface area contributed by atoms with E-state index in [9.17, 15) is 9.59 Å². The highest BCUT2D eigenvalue weighted by Crippen LogP contribution is 2.27. The molecule has 0 fully saturated rings. The summed E-state index contributed by atoms with van der Waals surface area (Å²) in [6, 6.07) is 16.3. The van der Waals surface area contributed by atoms with Crippen molar-refractivity contribution in [2.45, 2.75) is 4.34 Å². The zero-order valence-electron chi connectivity index (χ0n) is 14.3. The maximum absolute atomic E-state index is 12.2. The summed E-state index contributed by atoms with van der Waals surface area (Å²) in [5, 5.41) is 14.2. The maximum atomic E-state index is 12.2. The molecule has 0 saturated carbocycles. The Hall–Kier alpha value is -2.91. The van der Waals surface area contributed by atoms with Gasteiger partial charge >= 0.3 is 0 Å². The van der Waals surface area contributed by atoms with Crippen molar-refractivity contribution < 1.29 is 14.3 Å². The average molecular weight is 400 g/mol. The smallest absolute Gasteiger partial charge is 0.261 e. The zero-order chi connectivity index (χ0) is 19.1. The van der Waals surface area contributed by atoms with Crippen LogP contribution in [-0.4, -0.2) is 34.9 Å². The minimum atomic E-state index is -0.498. The van der Waals surface area contributed by atoms with E-state index in [-0.39, 0.29) is 5.75 Å². The Kier molecular flexibility index (Phi) is 6.39. The Bertz CT molecular complexity index is 931. The van der Waals surface area contributed by atoms with Gasteiger partial charge in [0.05, 0.1) is 18.4 Å². The fourth-order valence-electron chi connectivity index (χ4n) is 2.15. The second kappa shape index (κ2) is 9.15. The van der Waals surface area contributed by atoms with Gasteiger partial charge < -0.3 is 10.1 Å². The van der Waals surface area contributed by atoms with Crippen LogP contribution in [0, 0.1) is 0 Å². The van der Waals surface area contributed by atoms with Crippen LogP contribution in [-0.2, 0) is 4.79 Å². The van der Waals surface area contributed by atoms with Gasteiger partial charge in [-0.3, -0.25) is 14.9 Å². The lowest BCUT2D eigenvalue weighted by molar-refractivity contribution is -0.117. The molecule has 0 aliphatic rings. The molecule has 0 aliphatic carbocycles. The average Bonchev–Trinajstić information content (AvgIpc) is 3.14. The summed E-state index contributed by atoms with van der Waals surface area (Å²) in [5.74, 6) is -0.442. The van der Waals surface area contributed by atoms with Crippen molar-refractivity contribution in [1.29, 1.82) is 0 Å². The Balaban J connectivity index is 1.51. The van der Waals surface area contributed by atoms with Gasteiger partial charge in [-0.05, 0) is 24.3 Å². The van der Waals surface area contributed by atoms with Crippen molar-refractivity contribution >= 4 is 45.7 Å². The molecule has 0 radical (unpaired) electrons. The molecule has 0 spiro atoms. The van der Waals surface area contributed by atoms with Crippen LogP contribution in [0.4, 0.5) is 10.8 Å². The van der Waals surface area contributed by atoms with Crippen LogP contribution >= 0.6 is 23.1 Å². The van der Waals surface area contributed by atoms with Crippen molar-refractivity contribution in [3.8, 4) is 5.75 Å². The molecule has 1 heterocycles. The molecule has 2 N–H and O–H groups in total. The molecular weight excluding hydrogens is 384 g/mol. The number of ether oxygens (including phenoxy) is 1. The van der Waals surface area contributed by atoms with Gasteiger partial charge in [-0.2, -0.15) is 0 Å². The van der Waals surface area contributed by atoms with E-state index in [1.165, 1.54) is 30.2 Å². The van der Waals surface area contributed by atoms with Crippen molar-refractivity contribution in [1.82, 2.24) is 15.5 Å². The largest absolute Gasteiger partial charge is 0.496 e. The van der Waals surface area contributed by atoms with E-state index in [4.69, 9.17) is 4.74 Å². The normalized spacial score (nSPS) is 10.3. The Labute approximate surface area is 164 Å². The first-order valence-corrected chi connectivity index (χ1v) is 9.71. The Morgan fingerprint density at radius 1 is 1.07 bits per heavy atom. The van der Waals surface area contributed by atoms with Crippen LogP contribution in [0.1, 0.15) is 10.4 Å². The first-order valence-electron chi connectivity index (χ1n) is 7.91. The number of benzene rings is 2. The minimum absolute atomic E-state index is 0.0564. The molecule has 3 aromatic rings. The van der Waals surface area contributed by atoms with Gasteiger partial charge in [0.25, 0.3) is 5.91 Å².